The van der Waals surface area contributed by atoms with Crippen LogP contribution in [-0.4, -0.2) is 23.9 Å². The van der Waals surface area contributed by atoms with E-state index in [0.29, 0.717) is 6.07 Å². The van der Waals surface area contributed by atoms with Crippen LogP contribution in [0.1, 0.15) is 22.3 Å². The van der Waals surface area contributed by atoms with Crippen molar-refractivity contribution in [1.29, 1.82) is 0 Å². The lowest BCUT2D eigenvalue weighted by atomic mass is 10.1. The van der Waals surface area contributed by atoms with Crippen molar-refractivity contribution < 1.29 is 53.7 Å². The van der Waals surface area contributed by atoms with Gasteiger partial charge in [0, 0.05) is 23.9 Å². The minimum Gasteiger partial charge on any atom is -0.489 e. The third kappa shape index (κ3) is 7.76. The SMILES string of the molecule is O[C@H](CN(Cc1ccc(C(F)(F)F)cc1F)c1cccc(OCc2cccc(C(F)(F)F)c2)c1)C(F)(F)F. The summed E-state index contributed by atoms with van der Waals surface area (Å²) >= 11 is 0. The molecule has 3 aromatic rings. The molecule has 0 aliphatic rings. The second-order valence-electron chi connectivity index (χ2n) is 8.23. The molecule has 206 valence electrons. The Morgan fingerprint density at radius 2 is 1.39 bits per heavy atom. The summed E-state index contributed by atoms with van der Waals surface area (Å²) in [7, 11) is 0. The number of hydrogen-bond donors (Lipinski definition) is 1. The number of aliphatic hydroxyl groups is 1. The standard InChI is InChI=1S/C25H19F10NO2/c26-21-10-18(24(30,31)32)8-7-16(21)12-36(13-22(37)25(33,34)35)19-5-2-6-20(11-19)38-14-15-3-1-4-17(9-15)23(27,28)29/h1-11,22,37H,12-14H2/t22-/m1/s1. The van der Waals surface area contributed by atoms with Crippen LogP contribution in [0.2, 0.25) is 0 Å². The summed E-state index contributed by atoms with van der Waals surface area (Å²) in [5.74, 6) is -1.29. The van der Waals surface area contributed by atoms with Crippen molar-refractivity contribution in [2.24, 2.45) is 0 Å². The molecule has 0 spiro atoms. The first-order valence-electron chi connectivity index (χ1n) is 10.8. The fourth-order valence-corrected chi connectivity index (χ4v) is 3.41. The zero-order valence-corrected chi connectivity index (χ0v) is 19.1. The van der Waals surface area contributed by atoms with Crippen LogP contribution in [0.4, 0.5) is 49.6 Å². The minimum atomic E-state index is -5.05. The van der Waals surface area contributed by atoms with Gasteiger partial charge in [-0.1, -0.05) is 24.3 Å². The van der Waals surface area contributed by atoms with Gasteiger partial charge >= 0.3 is 18.5 Å². The number of nitrogens with zero attached hydrogens (tertiary/aromatic N) is 1. The summed E-state index contributed by atoms with van der Waals surface area (Å²) < 4.78 is 136. The van der Waals surface area contributed by atoms with Crippen molar-refractivity contribution in [1.82, 2.24) is 0 Å². The van der Waals surface area contributed by atoms with E-state index < -0.39 is 54.7 Å². The van der Waals surface area contributed by atoms with Gasteiger partial charge < -0.3 is 14.7 Å². The van der Waals surface area contributed by atoms with Crippen molar-refractivity contribution in [2.45, 2.75) is 37.8 Å². The van der Waals surface area contributed by atoms with Gasteiger partial charge in [-0.2, -0.15) is 39.5 Å². The number of ether oxygens (including phenoxy) is 1. The van der Waals surface area contributed by atoms with Crippen LogP contribution < -0.4 is 9.64 Å². The topological polar surface area (TPSA) is 32.7 Å². The third-order valence-electron chi connectivity index (χ3n) is 5.36. The van der Waals surface area contributed by atoms with Gasteiger partial charge in [-0.25, -0.2) is 4.39 Å². The summed E-state index contributed by atoms with van der Waals surface area (Å²) in [5, 5.41) is 9.60. The molecule has 38 heavy (non-hydrogen) atoms. The first kappa shape index (κ1) is 29.1. The molecule has 0 unspecified atom stereocenters. The number of alkyl halides is 9. The largest absolute Gasteiger partial charge is 0.489 e. The Bertz CT molecular complexity index is 1240. The molecular formula is C25H19F10NO2. The van der Waals surface area contributed by atoms with Crippen LogP contribution in [0.15, 0.2) is 66.7 Å². The molecule has 0 saturated carbocycles. The second kappa shape index (κ2) is 11.1. The van der Waals surface area contributed by atoms with Crippen LogP contribution in [0.3, 0.4) is 0 Å². The zero-order valence-electron chi connectivity index (χ0n) is 19.1. The fraction of sp³-hybridized carbons (Fsp3) is 0.280. The Morgan fingerprint density at radius 3 is 2.00 bits per heavy atom. The third-order valence-corrected chi connectivity index (χ3v) is 5.36. The summed E-state index contributed by atoms with van der Waals surface area (Å²) in [6.45, 7) is -2.07. The van der Waals surface area contributed by atoms with E-state index in [2.05, 4.69) is 0 Å². The Morgan fingerprint density at radius 1 is 0.763 bits per heavy atom. The fourth-order valence-electron chi connectivity index (χ4n) is 3.41. The van der Waals surface area contributed by atoms with Crippen molar-refractivity contribution in [3.05, 3.63) is 94.8 Å². The molecule has 0 radical (unpaired) electrons. The molecule has 0 bridgehead atoms. The summed E-state index contributed by atoms with van der Waals surface area (Å²) in [6.07, 6.45) is -17.3. The number of hydrogen-bond acceptors (Lipinski definition) is 3. The predicted molar refractivity (Wildman–Crippen MR) is 117 cm³/mol. The molecule has 0 amide bonds. The second-order valence-corrected chi connectivity index (χ2v) is 8.23. The van der Waals surface area contributed by atoms with Gasteiger partial charge in [0.2, 0.25) is 0 Å². The van der Waals surface area contributed by atoms with Gasteiger partial charge in [0.05, 0.1) is 17.7 Å². The lowest BCUT2D eigenvalue weighted by molar-refractivity contribution is -0.200. The average molecular weight is 555 g/mol. The van der Waals surface area contributed by atoms with Crippen molar-refractivity contribution in [3.8, 4) is 5.75 Å². The lowest BCUT2D eigenvalue weighted by Crippen LogP contribution is -2.41. The molecule has 3 aromatic carbocycles. The van der Waals surface area contributed by atoms with Crippen LogP contribution in [-0.2, 0) is 25.5 Å². The molecule has 0 heterocycles. The Balaban J connectivity index is 1.86. The molecule has 3 nitrogen and oxygen atoms in total. The summed E-state index contributed by atoms with van der Waals surface area (Å²) in [5.41, 5.74) is -2.43. The number of halogens is 10. The first-order chi connectivity index (χ1) is 17.5. The normalized spacial score (nSPS) is 13.3. The van der Waals surface area contributed by atoms with E-state index in [4.69, 9.17) is 4.74 Å². The maximum Gasteiger partial charge on any atom is 0.416 e. The minimum absolute atomic E-state index is 0.0193. The Labute approximate surface area is 209 Å². The summed E-state index contributed by atoms with van der Waals surface area (Å²) in [6, 6.07) is 11.1. The molecule has 0 fully saturated rings. The van der Waals surface area contributed by atoms with E-state index in [1.165, 1.54) is 36.4 Å². The Hall–Kier alpha value is -3.48. The molecule has 13 heteroatoms. The number of benzene rings is 3. The van der Waals surface area contributed by atoms with Crippen LogP contribution >= 0.6 is 0 Å². The van der Waals surface area contributed by atoms with Crippen molar-refractivity contribution in [2.75, 3.05) is 11.4 Å². The molecule has 0 saturated heterocycles. The lowest BCUT2D eigenvalue weighted by Gasteiger charge is -2.29. The molecule has 1 N–H and O–H groups in total. The van der Waals surface area contributed by atoms with E-state index in [1.54, 1.807) is 0 Å². The van der Waals surface area contributed by atoms with Crippen LogP contribution in [0.5, 0.6) is 5.75 Å². The molecule has 0 aliphatic heterocycles. The maximum atomic E-state index is 14.4. The van der Waals surface area contributed by atoms with E-state index in [0.717, 1.165) is 23.1 Å². The summed E-state index contributed by atoms with van der Waals surface area (Å²) in [4.78, 5) is 0.890. The Kier molecular flexibility index (Phi) is 8.49. The monoisotopic (exact) mass is 555 g/mol. The molecule has 3 rings (SSSR count). The highest BCUT2D eigenvalue weighted by Gasteiger charge is 2.39. The quantitative estimate of drug-likeness (QED) is 0.295. The van der Waals surface area contributed by atoms with Gasteiger partial charge in [0.1, 0.15) is 18.2 Å². The number of anilines is 1. The highest BCUT2D eigenvalue weighted by molar-refractivity contribution is 5.51. The first-order valence-corrected chi connectivity index (χ1v) is 10.8. The predicted octanol–water partition coefficient (Wildman–Crippen LogP) is 7.37. The van der Waals surface area contributed by atoms with E-state index >= 15 is 0 Å². The molecule has 0 aliphatic carbocycles. The maximum absolute atomic E-state index is 14.4. The molecule has 0 aromatic heterocycles. The average Bonchev–Trinajstić information content (AvgIpc) is 2.82. The van der Waals surface area contributed by atoms with Gasteiger partial charge in [0.25, 0.3) is 0 Å². The van der Waals surface area contributed by atoms with E-state index in [1.807, 2.05) is 0 Å². The highest BCUT2D eigenvalue weighted by atomic mass is 19.4. The van der Waals surface area contributed by atoms with Gasteiger partial charge in [-0.3, -0.25) is 0 Å². The van der Waals surface area contributed by atoms with E-state index in [-0.39, 0.29) is 35.2 Å². The van der Waals surface area contributed by atoms with Gasteiger partial charge in [-0.15, -0.1) is 0 Å². The van der Waals surface area contributed by atoms with Crippen LogP contribution in [0, 0.1) is 5.82 Å². The molecule has 1 atom stereocenters. The molecular weight excluding hydrogens is 536 g/mol. The van der Waals surface area contributed by atoms with Gasteiger partial charge in [-0.05, 0) is 42.0 Å². The zero-order chi connectivity index (χ0) is 28.3. The van der Waals surface area contributed by atoms with Crippen molar-refractivity contribution >= 4 is 5.69 Å². The van der Waals surface area contributed by atoms with Crippen molar-refractivity contribution in [3.63, 3.8) is 0 Å². The smallest absolute Gasteiger partial charge is 0.416 e. The number of rotatable bonds is 8. The van der Waals surface area contributed by atoms with Gasteiger partial charge in [0.15, 0.2) is 6.10 Å². The van der Waals surface area contributed by atoms with E-state index in [9.17, 15) is 49.0 Å². The van der Waals surface area contributed by atoms with Crippen LogP contribution in [0.25, 0.3) is 0 Å². The number of aliphatic hydroxyl groups excluding tert-OH is 1. The highest BCUT2D eigenvalue weighted by Crippen LogP contribution is 2.33.